The number of rotatable bonds is 5. The highest BCUT2D eigenvalue weighted by molar-refractivity contribution is 5.98. The molecule has 4 N–H and O–H groups in total. The van der Waals surface area contributed by atoms with Crippen molar-refractivity contribution in [1.29, 1.82) is 0 Å². The number of hydrogen-bond donors (Lipinski definition) is 4. The van der Waals surface area contributed by atoms with Gasteiger partial charge in [-0.05, 0) is 36.4 Å². The van der Waals surface area contributed by atoms with E-state index >= 15 is 0 Å². The topological polar surface area (TPSA) is 120 Å². The SMILES string of the molecule is COc1ccc(-c2[nH]ncc2/C=N/NC(=O)c2ccc(O)cc2O)cc1. The molecule has 0 fully saturated rings. The highest BCUT2D eigenvalue weighted by atomic mass is 16.5. The van der Waals surface area contributed by atoms with Crippen LogP contribution in [0.1, 0.15) is 15.9 Å². The summed E-state index contributed by atoms with van der Waals surface area (Å²) in [5.74, 6) is -0.331. The van der Waals surface area contributed by atoms with Crippen LogP contribution in [-0.2, 0) is 0 Å². The summed E-state index contributed by atoms with van der Waals surface area (Å²) >= 11 is 0. The van der Waals surface area contributed by atoms with Crippen LogP contribution in [0.25, 0.3) is 11.3 Å². The van der Waals surface area contributed by atoms with Gasteiger partial charge in [0.25, 0.3) is 5.91 Å². The first-order valence-electron chi connectivity index (χ1n) is 7.61. The number of nitrogens with zero attached hydrogens (tertiary/aromatic N) is 2. The molecule has 1 amide bonds. The molecule has 3 aromatic rings. The molecule has 0 aliphatic carbocycles. The zero-order valence-electron chi connectivity index (χ0n) is 13.8. The average molecular weight is 352 g/mol. The molecule has 1 aromatic heterocycles. The number of amides is 1. The van der Waals surface area contributed by atoms with Crippen LogP contribution < -0.4 is 10.2 Å². The second-order valence-corrected chi connectivity index (χ2v) is 5.33. The smallest absolute Gasteiger partial charge is 0.275 e. The highest BCUT2D eigenvalue weighted by Gasteiger charge is 2.11. The average Bonchev–Trinajstić information content (AvgIpc) is 3.10. The number of aromatic nitrogens is 2. The molecule has 0 spiro atoms. The van der Waals surface area contributed by atoms with Crippen molar-refractivity contribution in [3.63, 3.8) is 0 Å². The first-order valence-corrected chi connectivity index (χ1v) is 7.61. The number of phenols is 2. The van der Waals surface area contributed by atoms with Crippen molar-refractivity contribution in [3.8, 4) is 28.5 Å². The maximum Gasteiger partial charge on any atom is 0.275 e. The molecule has 1 heterocycles. The summed E-state index contributed by atoms with van der Waals surface area (Å²) in [6.45, 7) is 0. The summed E-state index contributed by atoms with van der Waals surface area (Å²) in [6.07, 6.45) is 3.02. The summed E-state index contributed by atoms with van der Waals surface area (Å²) in [7, 11) is 1.60. The van der Waals surface area contributed by atoms with Crippen molar-refractivity contribution in [2.24, 2.45) is 5.10 Å². The summed E-state index contributed by atoms with van der Waals surface area (Å²) in [5, 5.41) is 29.7. The van der Waals surface area contributed by atoms with Gasteiger partial charge in [0.15, 0.2) is 0 Å². The Balaban J connectivity index is 1.73. The van der Waals surface area contributed by atoms with Gasteiger partial charge in [0.1, 0.15) is 17.2 Å². The van der Waals surface area contributed by atoms with Crippen molar-refractivity contribution in [1.82, 2.24) is 15.6 Å². The van der Waals surface area contributed by atoms with E-state index in [-0.39, 0.29) is 17.1 Å². The second kappa shape index (κ2) is 7.39. The van der Waals surface area contributed by atoms with Gasteiger partial charge < -0.3 is 14.9 Å². The van der Waals surface area contributed by atoms with E-state index in [1.54, 1.807) is 13.3 Å². The Morgan fingerprint density at radius 2 is 2.00 bits per heavy atom. The van der Waals surface area contributed by atoms with Crippen molar-refractivity contribution in [2.75, 3.05) is 7.11 Å². The zero-order valence-corrected chi connectivity index (χ0v) is 13.8. The van der Waals surface area contributed by atoms with Crippen molar-refractivity contribution in [2.45, 2.75) is 0 Å². The molecule has 0 bridgehead atoms. The third kappa shape index (κ3) is 3.64. The number of hydrogen-bond acceptors (Lipinski definition) is 6. The molecule has 0 saturated carbocycles. The summed E-state index contributed by atoms with van der Waals surface area (Å²) in [6, 6.07) is 11.1. The molecule has 3 rings (SSSR count). The lowest BCUT2D eigenvalue weighted by molar-refractivity contribution is 0.0952. The van der Waals surface area contributed by atoms with Gasteiger partial charge in [-0.15, -0.1) is 0 Å². The molecule has 8 heteroatoms. The number of carbonyl (C=O) groups excluding carboxylic acids is 1. The van der Waals surface area contributed by atoms with Gasteiger partial charge in [0, 0.05) is 17.2 Å². The number of carbonyl (C=O) groups is 1. The lowest BCUT2D eigenvalue weighted by atomic mass is 10.1. The van der Waals surface area contributed by atoms with E-state index in [2.05, 4.69) is 20.7 Å². The number of phenolic OH excluding ortho intramolecular Hbond substituents is 2. The second-order valence-electron chi connectivity index (χ2n) is 5.33. The van der Waals surface area contributed by atoms with Gasteiger partial charge in [-0.3, -0.25) is 9.89 Å². The number of benzene rings is 2. The molecule has 26 heavy (non-hydrogen) atoms. The van der Waals surface area contributed by atoms with Gasteiger partial charge in [-0.25, -0.2) is 5.43 Å². The Morgan fingerprint density at radius 1 is 1.23 bits per heavy atom. The molecule has 2 aromatic carbocycles. The predicted octanol–water partition coefficient (Wildman–Crippen LogP) is 2.26. The Kier molecular flexibility index (Phi) is 4.84. The first kappa shape index (κ1) is 17.0. The quantitative estimate of drug-likeness (QED) is 0.415. The highest BCUT2D eigenvalue weighted by Crippen LogP contribution is 2.23. The molecule has 0 unspecified atom stereocenters. The Hall–Kier alpha value is -3.81. The maximum absolute atomic E-state index is 12.0. The molecule has 0 saturated heterocycles. The van der Waals surface area contributed by atoms with Crippen molar-refractivity contribution >= 4 is 12.1 Å². The van der Waals surface area contributed by atoms with Crippen LogP contribution in [0.4, 0.5) is 0 Å². The standard InChI is InChI=1S/C18H16N4O4/c1-26-14-5-2-11(3-6-14)17-12(9-19-21-17)10-20-22-18(25)15-7-4-13(23)8-16(15)24/h2-10,23-24H,1H3,(H,19,21)(H,22,25)/b20-10+. The maximum atomic E-state index is 12.0. The Labute approximate surface area is 148 Å². The minimum absolute atomic E-state index is 0.00233. The lowest BCUT2D eigenvalue weighted by Crippen LogP contribution is -2.17. The van der Waals surface area contributed by atoms with E-state index in [0.29, 0.717) is 5.56 Å². The van der Waals surface area contributed by atoms with Crippen LogP contribution in [0.2, 0.25) is 0 Å². The minimum Gasteiger partial charge on any atom is -0.508 e. The molecule has 0 atom stereocenters. The fourth-order valence-electron chi connectivity index (χ4n) is 2.31. The molecular weight excluding hydrogens is 336 g/mol. The van der Waals surface area contributed by atoms with E-state index in [4.69, 9.17) is 4.74 Å². The zero-order chi connectivity index (χ0) is 18.5. The predicted molar refractivity (Wildman–Crippen MR) is 95.4 cm³/mol. The number of ether oxygens (including phenoxy) is 1. The van der Waals surface area contributed by atoms with Crippen molar-refractivity contribution in [3.05, 3.63) is 59.8 Å². The third-order valence-corrected chi connectivity index (χ3v) is 3.64. The number of aromatic amines is 1. The molecular formula is C18H16N4O4. The van der Waals surface area contributed by atoms with Gasteiger partial charge in [0.05, 0.1) is 30.8 Å². The summed E-state index contributed by atoms with van der Waals surface area (Å²) in [5.41, 5.74) is 4.61. The number of methoxy groups -OCH3 is 1. The van der Waals surface area contributed by atoms with Crippen LogP contribution in [0.3, 0.4) is 0 Å². The summed E-state index contributed by atoms with van der Waals surface area (Å²) < 4.78 is 5.13. The van der Waals surface area contributed by atoms with Crippen molar-refractivity contribution < 1.29 is 19.7 Å². The molecule has 0 aliphatic rings. The largest absolute Gasteiger partial charge is 0.508 e. The lowest BCUT2D eigenvalue weighted by Gasteiger charge is -2.04. The number of aromatic hydroxyl groups is 2. The van der Waals surface area contributed by atoms with E-state index in [0.717, 1.165) is 23.1 Å². The van der Waals surface area contributed by atoms with Gasteiger partial charge in [-0.1, -0.05) is 0 Å². The number of hydrazone groups is 1. The number of H-pyrrole nitrogens is 1. The van der Waals surface area contributed by atoms with Crippen LogP contribution in [0, 0.1) is 0 Å². The number of nitrogens with one attached hydrogen (secondary N) is 2. The van der Waals surface area contributed by atoms with Crippen LogP contribution in [0.15, 0.2) is 53.8 Å². The van der Waals surface area contributed by atoms with E-state index in [1.807, 2.05) is 24.3 Å². The molecule has 0 aliphatic heterocycles. The first-order chi connectivity index (χ1) is 12.6. The monoisotopic (exact) mass is 352 g/mol. The van der Waals surface area contributed by atoms with Gasteiger partial charge >= 0.3 is 0 Å². The van der Waals surface area contributed by atoms with Gasteiger partial charge in [-0.2, -0.15) is 10.2 Å². The van der Waals surface area contributed by atoms with E-state index in [1.165, 1.54) is 18.3 Å². The molecule has 0 radical (unpaired) electrons. The Morgan fingerprint density at radius 3 is 2.69 bits per heavy atom. The fourth-order valence-corrected chi connectivity index (χ4v) is 2.31. The van der Waals surface area contributed by atoms with E-state index in [9.17, 15) is 15.0 Å². The Bertz CT molecular complexity index is 948. The third-order valence-electron chi connectivity index (χ3n) is 3.64. The molecule has 8 nitrogen and oxygen atoms in total. The van der Waals surface area contributed by atoms with Crippen LogP contribution in [0.5, 0.6) is 17.2 Å². The normalized spacial score (nSPS) is 10.8. The minimum atomic E-state index is -0.603. The summed E-state index contributed by atoms with van der Waals surface area (Å²) in [4.78, 5) is 12.0. The fraction of sp³-hybridized carbons (Fsp3) is 0.0556. The van der Waals surface area contributed by atoms with Crippen LogP contribution >= 0.6 is 0 Å². The van der Waals surface area contributed by atoms with Gasteiger partial charge in [0.2, 0.25) is 0 Å². The van der Waals surface area contributed by atoms with Crippen LogP contribution in [-0.4, -0.2) is 39.6 Å². The molecule has 132 valence electrons. The van der Waals surface area contributed by atoms with E-state index < -0.39 is 5.91 Å².